The smallest absolute Gasteiger partial charge is 0.102 e. The third-order valence-electron chi connectivity index (χ3n) is 9.67. The molecule has 2 aromatic heterocycles. The van der Waals surface area contributed by atoms with Crippen molar-refractivity contribution < 1.29 is 0 Å². The Hall–Kier alpha value is -7.39. The fourth-order valence-electron chi connectivity index (χ4n) is 7.47. The minimum absolute atomic E-state index is 0.397. The van der Waals surface area contributed by atoms with Gasteiger partial charge >= 0.3 is 0 Å². The van der Waals surface area contributed by atoms with Gasteiger partial charge in [-0.05, 0) is 59.7 Å². The minimum atomic E-state index is 0.397. The van der Waals surface area contributed by atoms with Crippen molar-refractivity contribution in [2.45, 2.75) is 0 Å². The first kappa shape index (κ1) is 28.8. The maximum atomic E-state index is 10.7. The Morgan fingerprint density at radius 3 is 1.56 bits per heavy atom. The summed E-state index contributed by atoms with van der Waals surface area (Å²) in [6, 6.07) is 57.9. The molecule has 0 N–H and O–H groups in total. The van der Waals surface area contributed by atoms with Crippen LogP contribution in [0.4, 0.5) is 0 Å². The third-order valence-corrected chi connectivity index (χ3v) is 9.67. The van der Waals surface area contributed by atoms with Gasteiger partial charge in [0.1, 0.15) is 12.1 Å². The van der Waals surface area contributed by atoms with Gasteiger partial charge in [-0.1, -0.05) is 103 Å². The van der Waals surface area contributed by atoms with E-state index in [0.717, 1.165) is 60.8 Å². The molecule has 0 saturated heterocycles. The van der Waals surface area contributed by atoms with E-state index in [2.05, 4.69) is 120 Å². The molecule has 0 aliphatic carbocycles. The quantitative estimate of drug-likeness (QED) is 0.193. The maximum absolute atomic E-state index is 10.7. The van der Waals surface area contributed by atoms with Crippen molar-refractivity contribution in [2.24, 2.45) is 0 Å². The number of para-hydroxylation sites is 4. The molecule has 0 unspecified atom stereocenters. The lowest BCUT2D eigenvalue weighted by Crippen LogP contribution is -2.03. The third kappa shape index (κ3) is 4.24. The largest absolute Gasteiger partial charge is 0.309 e. The lowest BCUT2D eigenvalue weighted by Gasteiger charge is -2.16. The van der Waals surface area contributed by atoms with Gasteiger partial charge in [-0.25, -0.2) is 0 Å². The second-order valence-electron chi connectivity index (χ2n) is 12.3. The highest BCUT2D eigenvalue weighted by molar-refractivity contribution is 6.11. The Kier molecular flexibility index (Phi) is 6.56. The van der Waals surface area contributed by atoms with Crippen LogP contribution in [0.3, 0.4) is 0 Å². The van der Waals surface area contributed by atoms with Gasteiger partial charge < -0.3 is 9.13 Å². The monoisotopic (exact) mass is 635 g/mol. The van der Waals surface area contributed by atoms with Gasteiger partial charge in [0.05, 0.1) is 56.2 Å². The molecule has 9 rings (SSSR count). The van der Waals surface area contributed by atoms with E-state index in [1.807, 2.05) is 47.0 Å². The predicted octanol–water partition coefficient (Wildman–Crippen LogP) is 10.8. The number of fused-ring (bicyclic) bond motifs is 6. The molecule has 2 heterocycles. The summed E-state index contributed by atoms with van der Waals surface area (Å²) in [5.41, 5.74) is 10.7. The summed E-state index contributed by atoms with van der Waals surface area (Å²) in [4.78, 5) is 0. The number of benzene rings is 7. The number of aromatic nitrogens is 2. The highest BCUT2D eigenvalue weighted by Crippen LogP contribution is 2.40. The van der Waals surface area contributed by atoms with E-state index < -0.39 is 0 Å². The number of nitrogens with zero attached hydrogens (tertiary/aromatic N) is 5. The Bertz CT molecular complexity index is 2900. The summed E-state index contributed by atoms with van der Waals surface area (Å²) in [7, 11) is 0. The van der Waals surface area contributed by atoms with Gasteiger partial charge in [0.2, 0.25) is 0 Å². The van der Waals surface area contributed by atoms with Crippen LogP contribution in [0.25, 0.3) is 77.2 Å². The number of hydrogen-bond acceptors (Lipinski definition) is 3. The van der Waals surface area contributed by atoms with Crippen LogP contribution in [0.15, 0.2) is 152 Å². The molecule has 230 valence electrons. The van der Waals surface area contributed by atoms with Crippen LogP contribution >= 0.6 is 0 Å². The lowest BCUT2D eigenvalue weighted by atomic mass is 9.94. The second kappa shape index (κ2) is 11.4. The lowest BCUT2D eigenvalue weighted by molar-refractivity contribution is 1.16. The first-order valence-corrected chi connectivity index (χ1v) is 16.3. The maximum Gasteiger partial charge on any atom is 0.102 e. The number of nitriles is 3. The minimum Gasteiger partial charge on any atom is -0.309 e. The standard InChI is InChI=1S/C45H25N5/c46-26-29-17-24-44-38(25-29)37-12-4-8-16-43(37)50(44)45-32(27-47)22-23-33(39(45)28-48)30-18-20-31(21-19-30)34-9-1-5-13-40(34)49-41-14-6-2-10-35(41)36-11-3-7-15-42(36)49/h1-25H. The highest BCUT2D eigenvalue weighted by atomic mass is 15.0. The molecule has 5 heteroatoms. The fraction of sp³-hybridized carbons (Fsp3) is 0. The van der Waals surface area contributed by atoms with E-state index in [9.17, 15) is 15.8 Å². The zero-order valence-corrected chi connectivity index (χ0v) is 26.7. The topological polar surface area (TPSA) is 81.2 Å². The van der Waals surface area contributed by atoms with Crippen molar-refractivity contribution >= 4 is 43.6 Å². The second-order valence-corrected chi connectivity index (χ2v) is 12.3. The van der Waals surface area contributed by atoms with Crippen molar-refractivity contribution in [3.63, 3.8) is 0 Å². The van der Waals surface area contributed by atoms with Gasteiger partial charge in [0.15, 0.2) is 0 Å². The normalized spacial score (nSPS) is 11.1. The van der Waals surface area contributed by atoms with E-state index in [-0.39, 0.29) is 0 Å². The van der Waals surface area contributed by atoms with E-state index in [1.165, 1.54) is 10.8 Å². The molecule has 0 aliphatic heterocycles. The first-order chi connectivity index (χ1) is 24.7. The zero-order chi connectivity index (χ0) is 33.8. The average Bonchev–Trinajstić information content (AvgIpc) is 3.69. The Balaban J connectivity index is 1.21. The van der Waals surface area contributed by atoms with Crippen molar-refractivity contribution in [1.82, 2.24) is 9.13 Å². The molecule has 50 heavy (non-hydrogen) atoms. The molecule has 7 aromatic carbocycles. The Morgan fingerprint density at radius 1 is 0.400 bits per heavy atom. The Labute approximate surface area is 287 Å². The predicted molar refractivity (Wildman–Crippen MR) is 200 cm³/mol. The summed E-state index contributed by atoms with van der Waals surface area (Å²) in [5.74, 6) is 0. The summed E-state index contributed by atoms with van der Waals surface area (Å²) in [6.45, 7) is 0. The van der Waals surface area contributed by atoms with Crippen molar-refractivity contribution in [2.75, 3.05) is 0 Å². The van der Waals surface area contributed by atoms with Crippen LogP contribution < -0.4 is 0 Å². The van der Waals surface area contributed by atoms with E-state index >= 15 is 0 Å². The van der Waals surface area contributed by atoms with E-state index in [0.29, 0.717) is 22.4 Å². The molecular weight excluding hydrogens is 611 g/mol. The summed E-state index contributed by atoms with van der Waals surface area (Å²) in [5, 5.41) is 34.9. The van der Waals surface area contributed by atoms with Crippen LogP contribution in [-0.4, -0.2) is 9.13 Å². The number of rotatable bonds is 4. The Morgan fingerprint density at radius 2 is 0.940 bits per heavy atom. The SMILES string of the molecule is N#Cc1ccc2c(c1)c1ccccc1n2-c1c(C#N)ccc(-c2ccc(-c3ccccc3-n3c4ccccc4c4ccccc43)cc2)c1C#N. The molecule has 0 bridgehead atoms. The van der Waals surface area contributed by atoms with E-state index in [1.54, 1.807) is 12.1 Å². The summed E-state index contributed by atoms with van der Waals surface area (Å²) < 4.78 is 4.32. The molecule has 0 saturated carbocycles. The molecular formula is C45H25N5. The van der Waals surface area contributed by atoms with Gasteiger partial charge in [0, 0.05) is 32.7 Å². The number of hydrogen-bond donors (Lipinski definition) is 0. The molecule has 0 radical (unpaired) electrons. The van der Waals surface area contributed by atoms with Crippen LogP contribution in [0, 0.1) is 34.0 Å². The average molecular weight is 636 g/mol. The molecule has 0 spiro atoms. The van der Waals surface area contributed by atoms with E-state index in [4.69, 9.17) is 0 Å². The molecule has 9 aromatic rings. The van der Waals surface area contributed by atoms with Gasteiger partial charge in [-0.15, -0.1) is 0 Å². The summed E-state index contributed by atoms with van der Waals surface area (Å²) in [6.07, 6.45) is 0. The molecule has 0 amide bonds. The van der Waals surface area contributed by atoms with Crippen molar-refractivity contribution in [3.8, 4) is 51.8 Å². The fourth-order valence-corrected chi connectivity index (χ4v) is 7.47. The zero-order valence-electron chi connectivity index (χ0n) is 26.7. The molecule has 5 nitrogen and oxygen atoms in total. The van der Waals surface area contributed by atoms with Crippen LogP contribution in [0.1, 0.15) is 16.7 Å². The van der Waals surface area contributed by atoms with Gasteiger partial charge in [-0.3, -0.25) is 0 Å². The molecule has 0 aliphatic rings. The van der Waals surface area contributed by atoms with Crippen molar-refractivity contribution in [3.05, 3.63) is 168 Å². The molecule has 0 atom stereocenters. The highest BCUT2D eigenvalue weighted by Gasteiger charge is 2.22. The van der Waals surface area contributed by atoms with Crippen LogP contribution in [0.2, 0.25) is 0 Å². The van der Waals surface area contributed by atoms with Gasteiger partial charge in [-0.2, -0.15) is 15.8 Å². The van der Waals surface area contributed by atoms with Crippen LogP contribution in [0.5, 0.6) is 0 Å². The van der Waals surface area contributed by atoms with Crippen LogP contribution in [-0.2, 0) is 0 Å². The molecule has 0 fully saturated rings. The summed E-state index contributed by atoms with van der Waals surface area (Å²) >= 11 is 0. The van der Waals surface area contributed by atoms with Gasteiger partial charge in [0.25, 0.3) is 0 Å². The first-order valence-electron chi connectivity index (χ1n) is 16.3. The van der Waals surface area contributed by atoms with Crippen molar-refractivity contribution in [1.29, 1.82) is 15.8 Å².